The minimum atomic E-state index is -5.23. The summed E-state index contributed by atoms with van der Waals surface area (Å²) in [6.07, 6.45) is 2.43. The largest absolute Gasteiger partial charge is 0.511 e. The second-order valence-corrected chi connectivity index (χ2v) is 6.85. The molecule has 2 N–H and O–H groups in total. The average Bonchev–Trinajstić information content (AvgIpc) is 2.47. The highest BCUT2D eigenvalue weighted by Gasteiger charge is 2.50. The van der Waals surface area contributed by atoms with Crippen molar-refractivity contribution >= 4 is 40.0 Å². The summed E-state index contributed by atoms with van der Waals surface area (Å²) >= 11 is 0. The van der Waals surface area contributed by atoms with Gasteiger partial charge in [0.15, 0.2) is 5.96 Å². The van der Waals surface area contributed by atoms with Crippen LogP contribution in [0.4, 0.5) is 13.2 Å². The van der Waals surface area contributed by atoms with E-state index in [9.17, 15) is 21.6 Å². The number of rotatable bonds is 5. The molecule has 1 fully saturated rings. The van der Waals surface area contributed by atoms with Crippen molar-refractivity contribution in [3.05, 3.63) is 12.7 Å². The molecule has 0 spiro atoms. The molecule has 0 aromatic carbocycles. The monoisotopic (exact) mass is 470 g/mol. The Bertz CT molecular complexity index is 503. The van der Waals surface area contributed by atoms with Crippen LogP contribution in [0.15, 0.2) is 17.6 Å². The molecule has 0 radical (unpaired) electrons. The third kappa shape index (κ3) is 6.45. The van der Waals surface area contributed by atoms with Gasteiger partial charge in [-0.15, -0.1) is 30.6 Å². The van der Waals surface area contributed by atoms with Crippen molar-refractivity contribution in [1.82, 2.24) is 14.9 Å². The smallest absolute Gasteiger partial charge is 0.356 e. The number of hydrogen-bond acceptors (Lipinski definition) is 3. The maximum absolute atomic E-state index is 12.5. The third-order valence-electron chi connectivity index (χ3n) is 3.40. The number of aliphatic imine (C=N–C) groups is 1. The van der Waals surface area contributed by atoms with E-state index in [0.29, 0.717) is 36.2 Å². The quantitative estimate of drug-likeness (QED) is 0.277. The molecule has 1 aliphatic rings. The van der Waals surface area contributed by atoms with E-state index in [-0.39, 0.29) is 43.0 Å². The van der Waals surface area contributed by atoms with Crippen LogP contribution in [0.3, 0.4) is 0 Å². The molecule has 0 atom stereocenters. The predicted molar refractivity (Wildman–Crippen MR) is 94.2 cm³/mol. The molecule has 1 rings (SSSR count). The fourth-order valence-corrected chi connectivity index (χ4v) is 3.11. The van der Waals surface area contributed by atoms with Gasteiger partial charge in [-0.05, 0) is 18.8 Å². The van der Waals surface area contributed by atoms with Gasteiger partial charge in [0.25, 0.3) is 0 Å². The fourth-order valence-electron chi connectivity index (χ4n) is 2.13. The minimum Gasteiger partial charge on any atom is -0.356 e. The number of halogens is 4. The predicted octanol–water partition coefficient (Wildman–Crippen LogP) is 1.52. The molecule has 6 nitrogen and oxygen atoms in total. The van der Waals surface area contributed by atoms with Crippen molar-refractivity contribution in [3.8, 4) is 0 Å². The number of guanidine groups is 1. The van der Waals surface area contributed by atoms with E-state index >= 15 is 0 Å². The number of nitrogens with one attached hydrogen (secondary N) is 2. The Morgan fingerprint density at radius 1 is 1.35 bits per heavy atom. The zero-order chi connectivity index (χ0) is 16.8. The standard InChI is InChI=1S/C12H21F3N4O2S.HI/c1-3-6-17-11(16-2)18-9-10-4-7-19(8-5-10)22(20,21)12(13,14)15;/h3,10H,1,4-9H2,2H3,(H2,16,17,18);1H. The van der Waals surface area contributed by atoms with Crippen LogP contribution in [0.25, 0.3) is 0 Å². The van der Waals surface area contributed by atoms with Crippen LogP contribution in [0, 0.1) is 5.92 Å². The van der Waals surface area contributed by atoms with Crippen molar-refractivity contribution in [1.29, 1.82) is 0 Å². The van der Waals surface area contributed by atoms with E-state index in [1.807, 2.05) is 0 Å². The lowest BCUT2D eigenvalue weighted by Crippen LogP contribution is -2.47. The fraction of sp³-hybridized carbons (Fsp3) is 0.750. The number of piperidine rings is 1. The van der Waals surface area contributed by atoms with Gasteiger partial charge in [-0.3, -0.25) is 4.99 Å². The van der Waals surface area contributed by atoms with Gasteiger partial charge >= 0.3 is 15.5 Å². The van der Waals surface area contributed by atoms with Crippen molar-refractivity contribution in [2.45, 2.75) is 18.3 Å². The van der Waals surface area contributed by atoms with E-state index in [2.05, 4.69) is 22.2 Å². The molecule has 0 aliphatic carbocycles. The van der Waals surface area contributed by atoms with Crippen LogP contribution in [-0.4, -0.2) is 57.4 Å². The molecule has 0 aromatic rings. The lowest BCUT2D eigenvalue weighted by molar-refractivity contribution is -0.0496. The summed E-state index contributed by atoms with van der Waals surface area (Å²) in [5.41, 5.74) is -5.23. The van der Waals surface area contributed by atoms with Crippen LogP contribution in [0.5, 0.6) is 0 Å². The summed E-state index contributed by atoms with van der Waals surface area (Å²) in [6, 6.07) is 0. The molecule has 1 saturated heterocycles. The Labute approximate surface area is 151 Å². The molecule has 136 valence electrons. The summed E-state index contributed by atoms with van der Waals surface area (Å²) in [5.74, 6) is 0.673. The number of sulfonamides is 1. The number of hydrogen-bond donors (Lipinski definition) is 2. The minimum absolute atomic E-state index is 0. The molecule has 0 aromatic heterocycles. The molecule has 11 heteroatoms. The SMILES string of the molecule is C=CCNC(=NC)NCC1CCN(S(=O)(=O)C(F)(F)F)CC1.I. The van der Waals surface area contributed by atoms with E-state index in [1.54, 1.807) is 13.1 Å². The van der Waals surface area contributed by atoms with E-state index < -0.39 is 15.5 Å². The summed E-state index contributed by atoms with van der Waals surface area (Å²) in [5, 5.41) is 6.04. The van der Waals surface area contributed by atoms with Crippen LogP contribution < -0.4 is 10.6 Å². The van der Waals surface area contributed by atoms with Crippen LogP contribution in [-0.2, 0) is 10.0 Å². The van der Waals surface area contributed by atoms with E-state index in [1.165, 1.54) is 0 Å². The van der Waals surface area contributed by atoms with E-state index in [4.69, 9.17) is 0 Å². The van der Waals surface area contributed by atoms with Gasteiger partial charge in [0.2, 0.25) is 0 Å². The lowest BCUT2D eigenvalue weighted by atomic mass is 9.98. The molecular weight excluding hydrogens is 448 g/mol. The summed E-state index contributed by atoms with van der Waals surface area (Å²) in [7, 11) is -3.60. The topological polar surface area (TPSA) is 73.8 Å². The first-order chi connectivity index (χ1) is 10.2. The lowest BCUT2D eigenvalue weighted by Gasteiger charge is -2.31. The average molecular weight is 470 g/mol. The molecule has 0 saturated carbocycles. The van der Waals surface area contributed by atoms with Crippen molar-refractivity contribution < 1.29 is 21.6 Å². The van der Waals surface area contributed by atoms with Gasteiger partial charge in [-0.2, -0.15) is 17.5 Å². The second-order valence-electron chi connectivity index (χ2n) is 4.92. The van der Waals surface area contributed by atoms with Crippen molar-refractivity contribution in [2.24, 2.45) is 10.9 Å². The summed E-state index contributed by atoms with van der Waals surface area (Å²) in [6.45, 7) is 4.40. The zero-order valence-electron chi connectivity index (χ0n) is 12.8. The first kappa shape index (κ1) is 22.4. The van der Waals surface area contributed by atoms with Gasteiger partial charge in [0.1, 0.15) is 0 Å². The molecule has 1 aliphatic heterocycles. The Hall–Kier alpha value is -0.560. The molecule has 1 heterocycles. The highest BCUT2D eigenvalue weighted by atomic mass is 127. The first-order valence-electron chi connectivity index (χ1n) is 6.84. The molecule has 23 heavy (non-hydrogen) atoms. The van der Waals surface area contributed by atoms with Gasteiger partial charge < -0.3 is 10.6 Å². The second kappa shape index (κ2) is 9.67. The molecular formula is C12H22F3IN4O2S. The highest BCUT2D eigenvalue weighted by Crippen LogP contribution is 2.30. The Kier molecular flexibility index (Phi) is 9.43. The van der Waals surface area contributed by atoms with Gasteiger partial charge in [-0.1, -0.05) is 6.08 Å². The van der Waals surface area contributed by atoms with Crippen LogP contribution in [0.1, 0.15) is 12.8 Å². The van der Waals surface area contributed by atoms with Gasteiger partial charge in [0.05, 0.1) is 0 Å². The van der Waals surface area contributed by atoms with Crippen molar-refractivity contribution in [3.63, 3.8) is 0 Å². The Balaban J connectivity index is 0.00000484. The maximum atomic E-state index is 12.5. The number of alkyl halides is 3. The van der Waals surface area contributed by atoms with Crippen LogP contribution in [0.2, 0.25) is 0 Å². The highest BCUT2D eigenvalue weighted by molar-refractivity contribution is 14.0. The van der Waals surface area contributed by atoms with Crippen LogP contribution >= 0.6 is 24.0 Å². The summed E-state index contributed by atoms with van der Waals surface area (Å²) in [4.78, 5) is 3.99. The van der Waals surface area contributed by atoms with Crippen molar-refractivity contribution in [2.75, 3.05) is 33.2 Å². The third-order valence-corrected chi connectivity index (χ3v) is 5.03. The van der Waals surface area contributed by atoms with Gasteiger partial charge in [0, 0.05) is 33.2 Å². The number of nitrogens with zero attached hydrogens (tertiary/aromatic N) is 2. The Morgan fingerprint density at radius 2 is 1.91 bits per heavy atom. The van der Waals surface area contributed by atoms with Gasteiger partial charge in [-0.25, -0.2) is 8.42 Å². The molecule has 0 amide bonds. The first-order valence-corrected chi connectivity index (χ1v) is 8.28. The normalized spacial score (nSPS) is 18.2. The maximum Gasteiger partial charge on any atom is 0.511 e. The zero-order valence-corrected chi connectivity index (χ0v) is 15.9. The molecule has 0 bridgehead atoms. The van der Waals surface area contributed by atoms with E-state index in [0.717, 1.165) is 0 Å². The Morgan fingerprint density at radius 3 is 2.35 bits per heavy atom. The summed E-state index contributed by atoms with van der Waals surface area (Å²) < 4.78 is 60.5. The molecule has 0 unspecified atom stereocenters.